The lowest BCUT2D eigenvalue weighted by Gasteiger charge is -2.20. The number of carboxylic acid groups (broad SMARTS) is 1. The summed E-state index contributed by atoms with van der Waals surface area (Å²) in [7, 11) is 0. The van der Waals surface area contributed by atoms with Gasteiger partial charge in [0.05, 0.1) is 5.56 Å². The van der Waals surface area contributed by atoms with E-state index >= 15 is 0 Å². The minimum Gasteiger partial charge on any atom is -0.478 e. The second-order valence-corrected chi connectivity index (χ2v) is 4.21. The van der Waals surface area contributed by atoms with Crippen molar-refractivity contribution in [2.24, 2.45) is 0 Å². The summed E-state index contributed by atoms with van der Waals surface area (Å²) in [4.78, 5) is 28.7. The number of aromatic nitrogens is 1. The first-order valence-electron chi connectivity index (χ1n) is 5.74. The van der Waals surface area contributed by atoms with E-state index in [0.717, 1.165) is 12.8 Å². The van der Waals surface area contributed by atoms with Crippen LogP contribution in [0.2, 0.25) is 0 Å². The number of carboxylic acids is 1. The molecule has 0 aliphatic heterocycles. The number of carbonyl (C=O) groups excluding carboxylic acids is 1. The van der Waals surface area contributed by atoms with Crippen molar-refractivity contribution in [1.29, 1.82) is 0 Å². The summed E-state index contributed by atoms with van der Waals surface area (Å²) in [5.74, 6) is -1.30. The quantitative estimate of drug-likeness (QED) is 0.800. The van der Waals surface area contributed by atoms with Crippen LogP contribution in [0.4, 0.5) is 0 Å². The van der Waals surface area contributed by atoms with E-state index in [1.807, 2.05) is 0 Å². The van der Waals surface area contributed by atoms with E-state index in [2.05, 4.69) is 11.6 Å². The molecule has 5 heteroatoms. The van der Waals surface area contributed by atoms with Crippen LogP contribution in [0.1, 0.15) is 33.7 Å². The molecule has 1 amide bonds. The molecule has 0 unspecified atom stereocenters. The molecule has 18 heavy (non-hydrogen) atoms. The Kier molecular flexibility index (Phi) is 3.41. The van der Waals surface area contributed by atoms with Gasteiger partial charge in [-0.3, -0.25) is 9.78 Å². The van der Waals surface area contributed by atoms with Crippen LogP contribution in [0.25, 0.3) is 0 Å². The van der Waals surface area contributed by atoms with Crippen LogP contribution in [0, 0.1) is 0 Å². The predicted octanol–water partition coefficient (Wildman–Crippen LogP) is 1.57. The standard InChI is InChI=1S/C13H14N2O3/c1-2-7-15(10-3-4-10)12(16)11-8-9(13(17)18)5-6-14-11/h2,5-6,8,10H,1,3-4,7H2,(H,17,18). The number of rotatable bonds is 5. The fourth-order valence-electron chi connectivity index (χ4n) is 1.75. The monoisotopic (exact) mass is 246 g/mol. The number of carbonyl (C=O) groups is 2. The Labute approximate surface area is 105 Å². The van der Waals surface area contributed by atoms with Crippen LogP contribution in [0.15, 0.2) is 31.0 Å². The van der Waals surface area contributed by atoms with Gasteiger partial charge in [0.1, 0.15) is 5.69 Å². The molecule has 1 saturated carbocycles. The molecule has 1 heterocycles. The Morgan fingerprint density at radius 1 is 1.56 bits per heavy atom. The molecule has 2 rings (SSSR count). The fourth-order valence-corrected chi connectivity index (χ4v) is 1.75. The highest BCUT2D eigenvalue weighted by molar-refractivity contribution is 5.96. The number of hydrogen-bond donors (Lipinski definition) is 1. The second kappa shape index (κ2) is 5.00. The van der Waals surface area contributed by atoms with Gasteiger partial charge < -0.3 is 10.0 Å². The van der Waals surface area contributed by atoms with Gasteiger partial charge >= 0.3 is 5.97 Å². The van der Waals surface area contributed by atoms with E-state index < -0.39 is 5.97 Å². The first-order valence-corrected chi connectivity index (χ1v) is 5.74. The van der Waals surface area contributed by atoms with Gasteiger partial charge in [0, 0.05) is 18.8 Å². The molecule has 1 aromatic heterocycles. The highest BCUT2D eigenvalue weighted by atomic mass is 16.4. The van der Waals surface area contributed by atoms with Crippen molar-refractivity contribution >= 4 is 11.9 Å². The zero-order valence-corrected chi connectivity index (χ0v) is 9.87. The molecule has 1 fully saturated rings. The minimum atomic E-state index is -1.06. The molecule has 1 aliphatic carbocycles. The average Bonchev–Trinajstić information content (AvgIpc) is 3.19. The lowest BCUT2D eigenvalue weighted by Crippen LogP contribution is -2.33. The van der Waals surface area contributed by atoms with E-state index in [4.69, 9.17) is 5.11 Å². The molecule has 0 radical (unpaired) electrons. The average molecular weight is 246 g/mol. The second-order valence-electron chi connectivity index (χ2n) is 4.21. The van der Waals surface area contributed by atoms with Gasteiger partial charge in [0.2, 0.25) is 0 Å². The Hall–Kier alpha value is -2.17. The van der Waals surface area contributed by atoms with Gasteiger partial charge in [-0.05, 0) is 25.0 Å². The van der Waals surface area contributed by atoms with E-state index in [1.54, 1.807) is 11.0 Å². The molecule has 1 N–H and O–H groups in total. The first kappa shape index (κ1) is 12.3. The maximum atomic E-state index is 12.2. The summed E-state index contributed by atoms with van der Waals surface area (Å²) in [6, 6.07) is 2.92. The molecular formula is C13H14N2O3. The third-order valence-electron chi connectivity index (χ3n) is 2.80. The van der Waals surface area contributed by atoms with Crippen LogP contribution in [-0.2, 0) is 0 Å². The van der Waals surface area contributed by atoms with Crippen LogP contribution >= 0.6 is 0 Å². The molecule has 5 nitrogen and oxygen atoms in total. The maximum absolute atomic E-state index is 12.2. The summed E-state index contributed by atoms with van der Waals surface area (Å²) in [6.45, 7) is 4.08. The molecule has 1 aromatic rings. The third-order valence-corrected chi connectivity index (χ3v) is 2.80. The Balaban J connectivity index is 2.23. The molecule has 0 aromatic carbocycles. The van der Waals surface area contributed by atoms with Gasteiger partial charge in [-0.25, -0.2) is 4.79 Å². The van der Waals surface area contributed by atoms with Crippen LogP contribution in [0.3, 0.4) is 0 Å². The zero-order valence-electron chi connectivity index (χ0n) is 9.87. The highest BCUT2D eigenvalue weighted by Gasteiger charge is 2.32. The third kappa shape index (κ3) is 2.56. The minimum absolute atomic E-state index is 0.0719. The Morgan fingerprint density at radius 2 is 2.28 bits per heavy atom. The molecule has 0 atom stereocenters. The SMILES string of the molecule is C=CCN(C(=O)c1cc(C(=O)O)ccn1)C1CC1. The van der Waals surface area contributed by atoms with Gasteiger partial charge in [-0.2, -0.15) is 0 Å². The summed E-state index contributed by atoms with van der Waals surface area (Å²) >= 11 is 0. The van der Waals surface area contributed by atoms with Crippen molar-refractivity contribution in [3.63, 3.8) is 0 Å². The molecular weight excluding hydrogens is 232 g/mol. The van der Waals surface area contributed by atoms with Gasteiger partial charge in [0.25, 0.3) is 5.91 Å². The van der Waals surface area contributed by atoms with Crippen molar-refractivity contribution in [1.82, 2.24) is 9.88 Å². The summed E-state index contributed by atoms with van der Waals surface area (Å²) in [5, 5.41) is 8.89. The van der Waals surface area contributed by atoms with Crippen molar-refractivity contribution in [3.05, 3.63) is 42.2 Å². The Bertz CT molecular complexity index is 495. The van der Waals surface area contributed by atoms with E-state index in [9.17, 15) is 9.59 Å². The number of nitrogens with zero attached hydrogens (tertiary/aromatic N) is 2. The normalized spacial score (nSPS) is 14.0. The number of hydrogen-bond acceptors (Lipinski definition) is 3. The molecule has 94 valence electrons. The largest absolute Gasteiger partial charge is 0.478 e. The lowest BCUT2D eigenvalue weighted by molar-refractivity contribution is 0.0696. The zero-order chi connectivity index (χ0) is 13.1. The van der Waals surface area contributed by atoms with Crippen LogP contribution in [-0.4, -0.2) is 39.5 Å². The Morgan fingerprint density at radius 3 is 2.83 bits per heavy atom. The summed E-state index contributed by atoms with van der Waals surface area (Å²) < 4.78 is 0. The van der Waals surface area contributed by atoms with Crippen LogP contribution < -0.4 is 0 Å². The number of pyridine rings is 1. The summed E-state index contributed by atoms with van der Waals surface area (Å²) in [5.41, 5.74) is 0.242. The van der Waals surface area contributed by atoms with Gasteiger partial charge in [-0.15, -0.1) is 6.58 Å². The molecule has 0 saturated heterocycles. The van der Waals surface area contributed by atoms with Gasteiger partial charge in [0.15, 0.2) is 0 Å². The van der Waals surface area contributed by atoms with E-state index in [-0.39, 0.29) is 23.2 Å². The van der Waals surface area contributed by atoms with E-state index in [0.29, 0.717) is 6.54 Å². The van der Waals surface area contributed by atoms with Crippen molar-refractivity contribution in [2.75, 3.05) is 6.54 Å². The van der Waals surface area contributed by atoms with Crippen molar-refractivity contribution in [3.8, 4) is 0 Å². The van der Waals surface area contributed by atoms with E-state index in [1.165, 1.54) is 18.3 Å². The highest BCUT2D eigenvalue weighted by Crippen LogP contribution is 2.27. The first-order chi connectivity index (χ1) is 8.63. The number of aromatic carboxylic acids is 1. The molecule has 0 bridgehead atoms. The molecule has 0 spiro atoms. The lowest BCUT2D eigenvalue weighted by atomic mass is 10.2. The number of amides is 1. The van der Waals surface area contributed by atoms with Gasteiger partial charge in [-0.1, -0.05) is 6.08 Å². The smallest absolute Gasteiger partial charge is 0.335 e. The topological polar surface area (TPSA) is 70.5 Å². The summed E-state index contributed by atoms with van der Waals surface area (Å²) in [6.07, 6.45) is 4.98. The predicted molar refractivity (Wildman–Crippen MR) is 65.5 cm³/mol. The van der Waals surface area contributed by atoms with Crippen molar-refractivity contribution in [2.45, 2.75) is 18.9 Å². The fraction of sp³-hybridized carbons (Fsp3) is 0.308. The van der Waals surface area contributed by atoms with Crippen molar-refractivity contribution < 1.29 is 14.7 Å². The van der Waals surface area contributed by atoms with Crippen LogP contribution in [0.5, 0.6) is 0 Å². The maximum Gasteiger partial charge on any atom is 0.335 e. The molecule has 1 aliphatic rings.